The van der Waals surface area contributed by atoms with Gasteiger partial charge in [-0.3, -0.25) is 4.99 Å². The Morgan fingerprint density at radius 3 is 2.69 bits per heavy atom. The van der Waals surface area contributed by atoms with Gasteiger partial charge in [-0.2, -0.15) is 5.26 Å². The Hall–Kier alpha value is -2.68. The average Bonchev–Trinajstić information content (AvgIpc) is 2.98. The van der Waals surface area contributed by atoms with Crippen LogP contribution in [-0.2, 0) is 5.41 Å². The highest BCUT2D eigenvalue weighted by molar-refractivity contribution is 6.08. The van der Waals surface area contributed by atoms with Crippen LogP contribution < -0.4 is 9.80 Å². The van der Waals surface area contributed by atoms with Crippen molar-refractivity contribution in [2.75, 3.05) is 29.9 Å². The van der Waals surface area contributed by atoms with Crippen molar-refractivity contribution < 1.29 is 0 Å². The third kappa shape index (κ3) is 2.34. The molecule has 0 amide bonds. The molecular weight excluding hydrogens is 324 g/mol. The van der Waals surface area contributed by atoms with E-state index in [1.165, 1.54) is 18.4 Å². The summed E-state index contributed by atoms with van der Waals surface area (Å²) in [5.74, 6) is 2.80. The van der Waals surface area contributed by atoms with Gasteiger partial charge in [-0.25, -0.2) is 9.97 Å². The fraction of sp³-hybridized carbons (Fsp3) is 0.500. The van der Waals surface area contributed by atoms with Gasteiger partial charge in [0.2, 0.25) is 0 Å². The molecule has 0 radical (unpaired) electrons. The minimum absolute atomic E-state index is 0.117. The molecule has 6 nitrogen and oxygen atoms in total. The Bertz CT molecular complexity index is 842. The predicted octanol–water partition coefficient (Wildman–Crippen LogP) is 2.98. The highest BCUT2D eigenvalue weighted by Gasteiger charge is 2.51. The first-order valence-electron chi connectivity index (χ1n) is 9.24. The molecule has 1 atom stereocenters. The summed E-state index contributed by atoms with van der Waals surface area (Å²) in [7, 11) is 1.76. The number of rotatable bonds is 3. The molecule has 0 aromatic carbocycles. The zero-order chi connectivity index (χ0) is 18.3. The molecule has 1 saturated carbocycles. The maximum atomic E-state index is 9.26. The lowest BCUT2D eigenvalue weighted by Crippen LogP contribution is -2.48. The molecule has 0 bridgehead atoms. The summed E-state index contributed by atoms with van der Waals surface area (Å²) < 4.78 is 0. The summed E-state index contributed by atoms with van der Waals surface area (Å²) in [5, 5.41) is 9.26. The van der Waals surface area contributed by atoms with Crippen molar-refractivity contribution in [2.45, 2.75) is 44.1 Å². The van der Waals surface area contributed by atoms with Crippen molar-refractivity contribution in [1.29, 1.82) is 5.26 Å². The molecule has 26 heavy (non-hydrogen) atoms. The first-order chi connectivity index (χ1) is 12.6. The van der Waals surface area contributed by atoms with E-state index in [2.05, 4.69) is 44.3 Å². The molecule has 0 unspecified atom stereocenters. The molecule has 0 N–H and O–H groups in total. The average molecular weight is 348 g/mol. The molecule has 3 heterocycles. The van der Waals surface area contributed by atoms with Crippen molar-refractivity contribution in [3.05, 3.63) is 36.2 Å². The monoisotopic (exact) mass is 348 g/mol. The van der Waals surface area contributed by atoms with Crippen LogP contribution in [-0.4, -0.2) is 42.0 Å². The number of anilines is 2. The largest absolute Gasteiger partial charge is 0.353 e. The molecule has 3 aliphatic rings. The number of allylic oxidation sites excluding steroid dienone is 2. The smallest absolute Gasteiger partial charge is 0.143 e. The lowest BCUT2D eigenvalue weighted by atomic mass is 9.66. The normalized spacial score (nSPS) is 24.0. The molecule has 4 rings (SSSR count). The van der Waals surface area contributed by atoms with E-state index in [0.717, 1.165) is 43.4 Å². The maximum Gasteiger partial charge on any atom is 0.143 e. The Balaban J connectivity index is 1.81. The molecule has 134 valence electrons. The van der Waals surface area contributed by atoms with Crippen LogP contribution in [0, 0.1) is 11.3 Å². The zero-order valence-corrected chi connectivity index (χ0v) is 15.4. The van der Waals surface area contributed by atoms with E-state index in [0.29, 0.717) is 11.6 Å². The van der Waals surface area contributed by atoms with Gasteiger partial charge in [0.1, 0.15) is 23.8 Å². The molecule has 1 saturated heterocycles. The second-order valence-electron chi connectivity index (χ2n) is 7.44. The second-order valence-corrected chi connectivity index (χ2v) is 7.44. The van der Waals surface area contributed by atoms with Gasteiger partial charge in [0, 0.05) is 37.2 Å². The van der Waals surface area contributed by atoms with Crippen LogP contribution in [0.2, 0.25) is 0 Å². The van der Waals surface area contributed by atoms with Crippen LogP contribution in [0.5, 0.6) is 0 Å². The molecule has 2 fully saturated rings. The topological polar surface area (TPSA) is 68.4 Å². The van der Waals surface area contributed by atoms with Crippen molar-refractivity contribution >= 4 is 17.5 Å². The number of aliphatic imine (C=N–C) groups is 1. The van der Waals surface area contributed by atoms with E-state index in [-0.39, 0.29) is 5.41 Å². The van der Waals surface area contributed by atoms with Crippen LogP contribution >= 0.6 is 0 Å². The predicted molar refractivity (Wildman–Crippen MR) is 104 cm³/mol. The van der Waals surface area contributed by atoms with E-state index in [4.69, 9.17) is 0 Å². The van der Waals surface area contributed by atoms with E-state index in [9.17, 15) is 5.26 Å². The van der Waals surface area contributed by atoms with Crippen LogP contribution in [0.25, 0.3) is 0 Å². The van der Waals surface area contributed by atoms with Gasteiger partial charge in [-0.1, -0.05) is 19.1 Å². The lowest BCUT2D eigenvalue weighted by Gasteiger charge is -2.44. The van der Waals surface area contributed by atoms with Gasteiger partial charge in [0.15, 0.2) is 0 Å². The van der Waals surface area contributed by atoms with Crippen molar-refractivity contribution in [1.82, 2.24) is 9.97 Å². The molecule has 1 spiro atoms. The number of fused-ring (bicyclic) bond motifs is 2. The molecule has 1 aliphatic carbocycles. The molecule has 6 heteroatoms. The van der Waals surface area contributed by atoms with Gasteiger partial charge in [0.05, 0.1) is 11.6 Å². The van der Waals surface area contributed by atoms with Gasteiger partial charge in [-0.05, 0) is 32.3 Å². The highest BCUT2D eigenvalue weighted by atomic mass is 15.3. The third-order valence-electron chi connectivity index (χ3n) is 6.10. The number of amidine groups is 1. The van der Waals surface area contributed by atoms with E-state index in [1.807, 2.05) is 0 Å². The van der Waals surface area contributed by atoms with Crippen LogP contribution in [0.15, 0.2) is 35.6 Å². The molecule has 1 aromatic heterocycles. The summed E-state index contributed by atoms with van der Waals surface area (Å²) in [6.07, 6.45) is 9.79. The Kier molecular flexibility index (Phi) is 4.03. The SMILES string of the molecule is C=C/C(C#N)=C\C(=NC)N1CC2(CCC2)c2c1ncnc2N1CC[C@@H]1C. The first kappa shape index (κ1) is 16.8. The minimum Gasteiger partial charge on any atom is -0.353 e. The molecule has 1 aromatic rings. The Morgan fingerprint density at radius 2 is 2.19 bits per heavy atom. The number of hydrogen-bond acceptors (Lipinski definition) is 5. The van der Waals surface area contributed by atoms with Gasteiger partial charge < -0.3 is 9.80 Å². The minimum atomic E-state index is 0.117. The van der Waals surface area contributed by atoms with Crippen molar-refractivity contribution in [3.8, 4) is 6.07 Å². The number of hydrogen-bond donors (Lipinski definition) is 0. The van der Waals surface area contributed by atoms with Gasteiger partial charge in [0.25, 0.3) is 0 Å². The van der Waals surface area contributed by atoms with Crippen LogP contribution in [0.1, 0.15) is 38.2 Å². The van der Waals surface area contributed by atoms with Crippen molar-refractivity contribution in [3.63, 3.8) is 0 Å². The summed E-state index contributed by atoms with van der Waals surface area (Å²) in [6.45, 7) is 7.88. The third-order valence-corrected chi connectivity index (χ3v) is 6.10. The second kappa shape index (κ2) is 6.24. The number of aromatic nitrogens is 2. The fourth-order valence-electron chi connectivity index (χ4n) is 4.29. The Labute approximate surface area is 154 Å². The Morgan fingerprint density at radius 1 is 1.42 bits per heavy atom. The number of nitrogens with zero attached hydrogens (tertiary/aromatic N) is 6. The summed E-state index contributed by atoms with van der Waals surface area (Å²) in [6, 6.07) is 2.69. The van der Waals surface area contributed by atoms with E-state index < -0.39 is 0 Å². The molecule has 2 aliphatic heterocycles. The number of nitriles is 1. The quantitative estimate of drug-likeness (QED) is 0.363. The summed E-state index contributed by atoms with van der Waals surface area (Å²) in [4.78, 5) is 18.3. The lowest BCUT2D eigenvalue weighted by molar-refractivity contribution is 0.266. The maximum absolute atomic E-state index is 9.26. The van der Waals surface area contributed by atoms with E-state index >= 15 is 0 Å². The van der Waals surface area contributed by atoms with Crippen LogP contribution in [0.3, 0.4) is 0 Å². The summed E-state index contributed by atoms with van der Waals surface area (Å²) in [5.41, 5.74) is 1.91. The van der Waals surface area contributed by atoms with E-state index in [1.54, 1.807) is 25.5 Å². The zero-order valence-electron chi connectivity index (χ0n) is 15.4. The fourth-order valence-corrected chi connectivity index (χ4v) is 4.29. The van der Waals surface area contributed by atoms with Crippen molar-refractivity contribution in [2.24, 2.45) is 4.99 Å². The molecular formula is C20H24N6. The van der Waals surface area contributed by atoms with Gasteiger partial charge in [-0.15, -0.1) is 0 Å². The standard InChI is InChI=1S/C20H24N6/c1-4-15(11-21)10-16(22-3)26-12-20(7-5-8-20)17-18(23-13-24-19(17)26)25-9-6-14(25)2/h4,10,13-14H,1,5-9,12H2,2-3H3/b15-10+,22-16?/t14-/m0/s1. The first-order valence-corrected chi connectivity index (χ1v) is 9.24. The summed E-state index contributed by atoms with van der Waals surface area (Å²) >= 11 is 0. The van der Waals surface area contributed by atoms with Crippen LogP contribution in [0.4, 0.5) is 11.6 Å². The van der Waals surface area contributed by atoms with Gasteiger partial charge >= 0.3 is 0 Å². The highest BCUT2D eigenvalue weighted by Crippen LogP contribution is 2.55.